The van der Waals surface area contributed by atoms with Gasteiger partial charge in [0, 0.05) is 25.6 Å². The minimum atomic E-state index is -1.09. The number of likely N-dealkylation sites (tertiary alicyclic amines) is 1. The summed E-state index contributed by atoms with van der Waals surface area (Å²) in [6, 6.07) is 25.3. The fraction of sp³-hybridized carbons (Fsp3) is 0.344. The average Bonchev–Trinajstić information content (AvgIpc) is 3.40. The largest absolute Gasteiger partial charge is 0.489 e. The van der Waals surface area contributed by atoms with Crippen molar-refractivity contribution in [3.05, 3.63) is 96.3 Å². The molecule has 40 heavy (non-hydrogen) atoms. The maximum absolute atomic E-state index is 13.7. The van der Waals surface area contributed by atoms with Crippen molar-refractivity contribution in [2.24, 2.45) is 5.73 Å². The molecule has 208 valence electrons. The number of aromatic nitrogens is 2. The van der Waals surface area contributed by atoms with Crippen LogP contribution >= 0.6 is 0 Å². The molecule has 8 heteroatoms. The topological polar surface area (TPSA) is 102 Å². The van der Waals surface area contributed by atoms with E-state index in [2.05, 4.69) is 20.9 Å². The summed E-state index contributed by atoms with van der Waals surface area (Å²) in [5.41, 5.74) is 9.07. The Morgan fingerprint density at radius 1 is 0.975 bits per heavy atom. The van der Waals surface area contributed by atoms with Gasteiger partial charge in [-0.1, -0.05) is 54.6 Å². The highest BCUT2D eigenvalue weighted by Crippen LogP contribution is 2.27. The number of hydrogen-bond acceptors (Lipinski definition) is 5. The Hall–Kier alpha value is -4.17. The summed E-state index contributed by atoms with van der Waals surface area (Å²) < 4.78 is 8.12. The van der Waals surface area contributed by atoms with E-state index in [9.17, 15) is 9.59 Å². The van der Waals surface area contributed by atoms with Gasteiger partial charge in [0.05, 0.1) is 22.9 Å². The maximum Gasteiger partial charge on any atom is 0.245 e. The zero-order valence-corrected chi connectivity index (χ0v) is 23.1. The number of fused-ring (bicyclic) bond motifs is 1. The van der Waals surface area contributed by atoms with E-state index in [1.165, 1.54) is 0 Å². The van der Waals surface area contributed by atoms with Crippen molar-refractivity contribution in [3.63, 3.8) is 0 Å². The van der Waals surface area contributed by atoms with Gasteiger partial charge in [0.15, 0.2) is 0 Å². The summed E-state index contributed by atoms with van der Waals surface area (Å²) in [4.78, 5) is 32.9. The third-order valence-electron chi connectivity index (χ3n) is 7.45. The number of nitrogens with two attached hydrogens (primary N) is 1. The van der Waals surface area contributed by atoms with E-state index in [0.29, 0.717) is 26.1 Å². The van der Waals surface area contributed by atoms with Gasteiger partial charge in [-0.15, -0.1) is 0 Å². The molecular weight excluding hydrogens is 502 g/mol. The highest BCUT2D eigenvalue weighted by molar-refractivity contribution is 5.91. The lowest BCUT2D eigenvalue weighted by molar-refractivity contribution is -0.138. The summed E-state index contributed by atoms with van der Waals surface area (Å²) in [6.45, 7) is 4.99. The van der Waals surface area contributed by atoms with Crippen LogP contribution in [0.2, 0.25) is 0 Å². The highest BCUT2D eigenvalue weighted by Gasteiger charge is 2.33. The van der Waals surface area contributed by atoms with Gasteiger partial charge >= 0.3 is 0 Å². The first-order valence-corrected chi connectivity index (χ1v) is 13.8. The van der Waals surface area contributed by atoms with E-state index in [4.69, 9.17) is 10.5 Å². The highest BCUT2D eigenvalue weighted by atomic mass is 16.5. The first kappa shape index (κ1) is 27.4. The Kier molecular flexibility index (Phi) is 8.16. The average molecular weight is 540 g/mol. The van der Waals surface area contributed by atoms with E-state index in [-0.39, 0.29) is 17.9 Å². The van der Waals surface area contributed by atoms with Crippen molar-refractivity contribution in [2.75, 3.05) is 13.1 Å². The number of nitrogens with one attached hydrogen (secondary N) is 1. The van der Waals surface area contributed by atoms with Gasteiger partial charge in [-0.2, -0.15) is 0 Å². The van der Waals surface area contributed by atoms with Crippen LogP contribution in [0.4, 0.5) is 0 Å². The van der Waals surface area contributed by atoms with Gasteiger partial charge in [-0.25, -0.2) is 4.98 Å². The lowest BCUT2D eigenvalue weighted by Gasteiger charge is -2.35. The third-order valence-corrected chi connectivity index (χ3v) is 7.45. The molecule has 1 saturated heterocycles. The monoisotopic (exact) mass is 539 g/mol. The fourth-order valence-electron chi connectivity index (χ4n) is 5.10. The van der Waals surface area contributed by atoms with Crippen molar-refractivity contribution >= 4 is 22.8 Å². The lowest BCUT2D eigenvalue weighted by atomic mass is 9.99. The Morgan fingerprint density at radius 2 is 1.65 bits per heavy atom. The standard InChI is InChI=1S/C32H37N5O3/c1-32(2,33)31(39)35-28(20-23-12-14-26(15-13-23)40-21-24-8-4-3-5-9-24)30(38)36-18-16-25(17-19-36)37-22-34-27-10-6-7-11-29(27)37/h3-15,22,25,28H,16-21,33H2,1-2H3,(H,35,39). The minimum absolute atomic E-state index is 0.0871. The molecule has 0 bridgehead atoms. The number of piperidine rings is 1. The van der Waals surface area contributed by atoms with Gasteiger partial charge in [-0.05, 0) is 62.1 Å². The molecule has 1 fully saturated rings. The molecule has 8 nitrogen and oxygen atoms in total. The Labute approximate surface area is 235 Å². The smallest absolute Gasteiger partial charge is 0.245 e. The number of rotatable bonds is 9. The molecule has 0 saturated carbocycles. The van der Waals surface area contributed by atoms with E-state index in [1.807, 2.05) is 84.0 Å². The second kappa shape index (κ2) is 11.9. The van der Waals surface area contributed by atoms with Crippen LogP contribution in [0.5, 0.6) is 5.75 Å². The van der Waals surface area contributed by atoms with Gasteiger partial charge in [0.2, 0.25) is 11.8 Å². The first-order valence-electron chi connectivity index (χ1n) is 13.8. The fourth-order valence-corrected chi connectivity index (χ4v) is 5.10. The van der Waals surface area contributed by atoms with Crippen LogP contribution in [0.1, 0.15) is 43.9 Å². The maximum atomic E-state index is 13.7. The number of nitrogens with zero attached hydrogens (tertiary/aromatic N) is 3. The van der Waals surface area contributed by atoms with Crippen LogP contribution in [0.3, 0.4) is 0 Å². The van der Waals surface area contributed by atoms with Crippen LogP contribution in [0, 0.1) is 0 Å². The normalized spacial score (nSPS) is 15.1. The molecule has 3 N–H and O–H groups in total. The molecule has 1 aromatic heterocycles. The Balaban J connectivity index is 1.24. The molecule has 2 amide bonds. The van der Waals surface area contributed by atoms with Gasteiger partial charge < -0.3 is 25.3 Å². The van der Waals surface area contributed by atoms with Gasteiger partial charge in [0.1, 0.15) is 18.4 Å². The SMILES string of the molecule is CC(C)(N)C(=O)NC(Cc1ccc(OCc2ccccc2)cc1)C(=O)N1CCC(n2cnc3ccccc32)CC1. The van der Waals surface area contributed by atoms with Gasteiger partial charge in [0.25, 0.3) is 0 Å². The number of carbonyl (C=O) groups is 2. The second-order valence-corrected chi connectivity index (χ2v) is 11.1. The summed E-state index contributed by atoms with van der Waals surface area (Å²) in [5, 5.41) is 2.93. The molecule has 0 radical (unpaired) electrons. The molecule has 5 rings (SSSR count). The van der Waals surface area contributed by atoms with E-state index < -0.39 is 11.6 Å². The van der Waals surface area contributed by atoms with Crippen LogP contribution in [-0.4, -0.2) is 50.9 Å². The molecule has 2 heterocycles. The second-order valence-electron chi connectivity index (χ2n) is 11.1. The lowest BCUT2D eigenvalue weighted by Crippen LogP contribution is -2.57. The van der Waals surface area contributed by atoms with Crippen LogP contribution in [0.15, 0.2) is 85.2 Å². The number of benzene rings is 3. The van der Waals surface area contributed by atoms with Crippen molar-refractivity contribution in [2.45, 2.75) is 57.3 Å². The molecule has 4 aromatic rings. The molecule has 0 aliphatic carbocycles. The Bertz CT molecular complexity index is 1430. The number of ether oxygens (including phenoxy) is 1. The van der Waals surface area contributed by atoms with Crippen LogP contribution < -0.4 is 15.8 Å². The van der Waals surface area contributed by atoms with Crippen molar-refractivity contribution in [1.82, 2.24) is 19.8 Å². The van der Waals surface area contributed by atoms with E-state index in [0.717, 1.165) is 40.8 Å². The molecular formula is C32H37N5O3. The van der Waals surface area contributed by atoms with Crippen LogP contribution in [0.25, 0.3) is 11.0 Å². The first-order chi connectivity index (χ1) is 19.3. The molecule has 1 aliphatic heterocycles. The zero-order valence-electron chi connectivity index (χ0n) is 23.1. The predicted molar refractivity (Wildman–Crippen MR) is 156 cm³/mol. The Morgan fingerprint density at radius 3 is 2.35 bits per heavy atom. The number of hydrogen-bond donors (Lipinski definition) is 2. The molecule has 1 aliphatic rings. The van der Waals surface area contributed by atoms with Crippen molar-refractivity contribution in [3.8, 4) is 5.75 Å². The molecule has 1 unspecified atom stereocenters. The van der Waals surface area contributed by atoms with Crippen LogP contribution in [-0.2, 0) is 22.6 Å². The van der Waals surface area contributed by atoms with E-state index >= 15 is 0 Å². The number of amides is 2. The number of para-hydroxylation sites is 2. The predicted octanol–water partition coefficient (Wildman–Crippen LogP) is 4.24. The molecule has 3 aromatic carbocycles. The zero-order chi connectivity index (χ0) is 28.1. The van der Waals surface area contributed by atoms with E-state index in [1.54, 1.807) is 13.8 Å². The van der Waals surface area contributed by atoms with Crippen molar-refractivity contribution in [1.29, 1.82) is 0 Å². The summed E-state index contributed by atoms with van der Waals surface area (Å²) in [6.07, 6.45) is 3.91. The summed E-state index contributed by atoms with van der Waals surface area (Å²) in [7, 11) is 0. The minimum Gasteiger partial charge on any atom is -0.489 e. The molecule has 1 atom stereocenters. The third kappa shape index (κ3) is 6.51. The quantitative estimate of drug-likeness (QED) is 0.331. The number of carbonyl (C=O) groups excluding carboxylic acids is 2. The summed E-state index contributed by atoms with van der Waals surface area (Å²) >= 11 is 0. The summed E-state index contributed by atoms with van der Waals surface area (Å²) in [5.74, 6) is 0.307. The molecule has 0 spiro atoms. The van der Waals surface area contributed by atoms with Gasteiger partial charge in [-0.3, -0.25) is 9.59 Å². The number of imidazole rings is 1. The van der Waals surface area contributed by atoms with Crippen molar-refractivity contribution < 1.29 is 14.3 Å².